The first-order valence-electron chi connectivity index (χ1n) is 7.25. The highest BCUT2D eigenvalue weighted by molar-refractivity contribution is 6.32. The molecule has 0 aliphatic heterocycles. The lowest BCUT2D eigenvalue weighted by Crippen LogP contribution is -2.07. The average molecular weight is 348 g/mol. The number of aromatic nitrogens is 4. The molecule has 24 heavy (non-hydrogen) atoms. The van der Waals surface area contributed by atoms with Gasteiger partial charge in [-0.05, 0) is 31.5 Å². The summed E-state index contributed by atoms with van der Waals surface area (Å²) in [6.45, 7) is 3.72. The molecule has 0 aliphatic rings. The number of benzene rings is 1. The number of hydrogen-bond donors (Lipinski definition) is 2. The second kappa shape index (κ2) is 6.84. The van der Waals surface area contributed by atoms with E-state index >= 15 is 0 Å². The van der Waals surface area contributed by atoms with E-state index in [4.69, 9.17) is 16.3 Å². The molecule has 1 unspecified atom stereocenters. The van der Waals surface area contributed by atoms with Crippen LogP contribution in [0.4, 0.5) is 16.0 Å². The highest BCUT2D eigenvalue weighted by atomic mass is 35.5. The summed E-state index contributed by atoms with van der Waals surface area (Å²) in [6, 6.07) is 8.05. The van der Waals surface area contributed by atoms with Gasteiger partial charge < -0.3 is 10.1 Å². The van der Waals surface area contributed by atoms with Gasteiger partial charge in [-0.2, -0.15) is 10.1 Å². The van der Waals surface area contributed by atoms with Gasteiger partial charge in [-0.3, -0.25) is 5.10 Å². The summed E-state index contributed by atoms with van der Waals surface area (Å²) in [5.41, 5.74) is 1.72. The van der Waals surface area contributed by atoms with Crippen LogP contribution in [0.5, 0.6) is 6.01 Å². The van der Waals surface area contributed by atoms with Gasteiger partial charge in [0, 0.05) is 11.8 Å². The number of ether oxygens (including phenoxy) is 1. The van der Waals surface area contributed by atoms with Gasteiger partial charge in [-0.25, -0.2) is 9.37 Å². The fourth-order valence-electron chi connectivity index (χ4n) is 2.06. The zero-order valence-corrected chi connectivity index (χ0v) is 13.8. The molecule has 1 atom stereocenters. The summed E-state index contributed by atoms with van der Waals surface area (Å²) in [4.78, 5) is 8.32. The summed E-state index contributed by atoms with van der Waals surface area (Å²) >= 11 is 6.10. The Kier molecular flexibility index (Phi) is 4.61. The Bertz CT molecular complexity index is 837. The second-order valence-corrected chi connectivity index (χ2v) is 5.63. The third-order valence-electron chi connectivity index (χ3n) is 3.30. The van der Waals surface area contributed by atoms with Crippen molar-refractivity contribution >= 4 is 23.2 Å². The van der Waals surface area contributed by atoms with Crippen molar-refractivity contribution in [1.29, 1.82) is 0 Å². The Morgan fingerprint density at radius 2 is 2.04 bits per heavy atom. The van der Waals surface area contributed by atoms with Gasteiger partial charge in [-0.1, -0.05) is 23.7 Å². The molecule has 0 aliphatic carbocycles. The number of hydrogen-bond acceptors (Lipinski definition) is 5. The van der Waals surface area contributed by atoms with Crippen molar-refractivity contribution < 1.29 is 9.13 Å². The maximum absolute atomic E-state index is 13.0. The molecule has 3 aromatic rings. The van der Waals surface area contributed by atoms with Crippen LogP contribution in [0.3, 0.4) is 0 Å². The third-order valence-corrected chi connectivity index (χ3v) is 3.57. The number of anilines is 2. The van der Waals surface area contributed by atoms with Crippen molar-refractivity contribution in [2.24, 2.45) is 0 Å². The minimum atomic E-state index is -0.341. The number of aryl methyl sites for hydroxylation is 1. The van der Waals surface area contributed by atoms with Gasteiger partial charge >= 0.3 is 6.01 Å². The number of rotatable bonds is 5. The van der Waals surface area contributed by atoms with Crippen LogP contribution >= 0.6 is 11.6 Å². The van der Waals surface area contributed by atoms with Gasteiger partial charge in [0.15, 0.2) is 11.6 Å². The number of nitrogens with one attached hydrogen (secondary N) is 2. The lowest BCUT2D eigenvalue weighted by atomic mass is 10.1. The number of halogens is 2. The topological polar surface area (TPSA) is 75.7 Å². The molecule has 124 valence electrons. The van der Waals surface area contributed by atoms with Crippen molar-refractivity contribution in [2.75, 3.05) is 5.32 Å². The van der Waals surface area contributed by atoms with Gasteiger partial charge in [0.2, 0.25) is 0 Å². The first-order valence-corrected chi connectivity index (χ1v) is 7.63. The molecular weight excluding hydrogens is 333 g/mol. The van der Waals surface area contributed by atoms with E-state index in [0.29, 0.717) is 16.7 Å². The molecule has 2 N–H and O–H groups in total. The molecule has 0 saturated heterocycles. The number of aromatic amines is 1. The maximum Gasteiger partial charge on any atom is 0.319 e. The van der Waals surface area contributed by atoms with Gasteiger partial charge in [0.1, 0.15) is 16.9 Å². The Morgan fingerprint density at radius 3 is 2.71 bits per heavy atom. The molecule has 0 fully saturated rings. The molecule has 8 heteroatoms. The minimum Gasteiger partial charge on any atom is -0.456 e. The second-order valence-electron chi connectivity index (χ2n) is 5.22. The summed E-state index contributed by atoms with van der Waals surface area (Å²) in [5.74, 6) is 0.680. The van der Waals surface area contributed by atoms with Crippen LogP contribution in [0.25, 0.3) is 0 Å². The lowest BCUT2D eigenvalue weighted by molar-refractivity contribution is 0.207. The monoisotopic (exact) mass is 347 g/mol. The van der Waals surface area contributed by atoms with E-state index < -0.39 is 0 Å². The predicted molar refractivity (Wildman–Crippen MR) is 89.1 cm³/mol. The van der Waals surface area contributed by atoms with Gasteiger partial charge in [-0.15, -0.1) is 0 Å². The van der Waals surface area contributed by atoms with Crippen LogP contribution in [-0.2, 0) is 0 Å². The molecular formula is C16H15ClFN5O. The van der Waals surface area contributed by atoms with E-state index in [1.54, 1.807) is 12.1 Å². The quantitative estimate of drug-likeness (QED) is 0.724. The van der Waals surface area contributed by atoms with Crippen molar-refractivity contribution in [3.63, 3.8) is 0 Å². The van der Waals surface area contributed by atoms with Crippen LogP contribution in [-0.4, -0.2) is 20.2 Å². The lowest BCUT2D eigenvalue weighted by Gasteiger charge is -2.14. The van der Waals surface area contributed by atoms with E-state index in [0.717, 1.165) is 11.3 Å². The van der Waals surface area contributed by atoms with E-state index in [2.05, 4.69) is 25.5 Å². The maximum atomic E-state index is 13.0. The smallest absolute Gasteiger partial charge is 0.319 e. The molecule has 0 radical (unpaired) electrons. The van der Waals surface area contributed by atoms with Crippen LogP contribution in [0.2, 0.25) is 5.02 Å². The number of H-pyrrole nitrogens is 1. The zero-order chi connectivity index (χ0) is 17.1. The highest BCUT2D eigenvalue weighted by Crippen LogP contribution is 2.26. The van der Waals surface area contributed by atoms with Gasteiger partial charge in [0.25, 0.3) is 0 Å². The van der Waals surface area contributed by atoms with Crippen molar-refractivity contribution in [1.82, 2.24) is 20.2 Å². The Hall–Kier alpha value is -2.67. The van der Waals surface area contributed by atoms with E-state index in [-0.39, 0.29) is 17.9 Å². The molecule has 0 spiro atoms. The minimum absolute atomic E-state index is 0.158. The summed E-state index contributed by atoms with van der Waals surface area (Å²) in [5, 5.41) is 10.2. The van der Waals surface area contributed by atoms with E-state index in [1.165, 1.54) is 18.3 Å². The molecule has 0 amide bonds. The summed E-state index contributed by atoms with van der Waals surface area (Å²) < 4.78 is 18.7. The van der Waals surface area contributed by atoms with Crippen LogP contribution < -0.4 is 10.1 Å². The Balaban J connectivity index is 1.76. The van der Waals surface area contributed by atoms with E-state index in [9.17, 15) is 4.39 Å². The normalized spacial score (nSPS) is 12.0. The molecule has 6 nitrogen and oxygen atoms in total. The molecule has 2 aromatic heterocycles. The zero-order valence-electron chi connectivity index (χ0n) is 13.0. The van der Waals surface area contributed by atoms with E-state index in [1.807, 2.05) is 19.9 Å². The van der Waals surface area contributed by atoms with Crippen LogP contribution in [0, 0.1) is 12.7 Å². The summed E-state index contributed by atoms with van der Waals surface area (Å²) in [6.07, 6.45) is 1.11. The molecule has 2 heterocycles. The third kappa shape index (κ3) is 3.80. The first-order chi connectivity index (χ1) is 11.5. The van der Waals surface area contributed by atoms with Crippen LogP contribution in [0.15, 0.2) is 36.5 Å². The molecule has 1 aromatic carbocycles. The highest BCUT2D eigenvalue weighted by Gasteiger charge is 2.12. The largest absolute Gasteiger partial charge is 0.456 e. The molecule has 3 rings (SSSR count). The standard InChI is InChI=1S/C16H15ClFN5O/c1-9-7-14(23-22-9)20-15-13(17)8-19-16(21-15)24-10(2)11-3-5-12(18)6-4-11/h3-8,10H,1-2H3,(H2,19,20,21,22,23). The molecule has 0 saturated carbocycles. The average Bonchev–Trinajstić information content (AvgIpc) is 2.96. The van der Waals surface area contributed by atoms with Crippen molar-refractivity contribution in [2.45, 2.75) is 20.0 Å². The predicted octanol–water partition coefficient (Wildman–Crippen LogP) is 4.18. The number of nitrogens with zero attached hydrogens (tertiary/aromatic N) is 3. The Labute approximate surface area is 143 Å². The first kappa shape index (κ1) is 16.2. The molecule has 0 bridgehead atoms. The Morgan fingerprint density at radius 1 is 1.29 bits per heavy atom. The summed E-state index contributed by atoms with van der Waals surface area (Å²) in [7, 11) is 0. The van der Waals surface area contributed by atoms with Gasteiger partial charge in [0.05, 0.1) is 6.20 Å². The fraction of sp³-hybridized carbons (Fsp3) is 0.188. The SMILES string of the molecule is Cc1cc(Nc2nc(OC(C)c3ccc(F)cc3)ncc2Cl)n[nH]1. The van der Waals surface area contributed by atoms with Crippen molar-refractivity contribution in [3.05, 3.63) is 58.6 Å². The van der Waals surface area contributed by atoms with Crippen LogP contribution in [0.1, 0.15) is 24.3 Å². The van der Waals surface area contributed by atoms with Crippen molar-refractivity contribution in [3.8, 4) is 6.01 Å². The fourth-order valence-corrected chi connectivity index (χ4v) is 2.20.